The number of hydrogen-bond donors (Lipinski definition) is 2. The number of nitrogens with zero attached hydrogens (tertiary/aromatic N) is 3. The first-order valence-corrected chi connectivity index (χ1v) is 6.62. The lowest BCUT2D eigenvalue weighted by atomic mass is 10.1. The Bertz CT molecular complexity index is 722. The molecule has 0 saturated heterocycles. The minimum Gasteiger partial charge on any atom is -0.342 e. The van der Waals surface area contributed by atoms with E-state index in [-0.39, 0.29) is 18.2 Å². The fourth-order valence-corrected chi connectivity index (χ4v) is 2.20. The van der Waals surface area contributed by atoms with Crippen LogP contribution >= 0.6 is 0 Å². The number of nitrogens with one attached hydrogen (secondary N) is 2. The van der Waals surface area contributed by atoms with Gasteiger partial charge in [0.1, 0.15) is 12.4 Å². The molecule has 0 saturated carbocycles. The standard InChI is InChI=1S/C14H15N5O2/c1-8-3-4-10(5-9(8)2)17-13(21)11-6-12(20)19-14(18-11)15-7-16-19/h3-5,7,11H,6H2,1-2H3,(H,17,21)(H,15,16,18)/t11-/m1/s1. The maximum atomic E-state index is 12.3. The van der Waals surface area contributed by atoms with E-state index in [2.05, 4.69) is 20.7 Å². The van der Waals surface area contributed by atoms with Crippen molar-refractivity contribution < 1.29 is 9.59 Å². The second kappa shape index (κ2) is 5.01. The summed E-state index contributed by atoms with van der Waals surface area (Å²) in [6, 6.07) is 5.05. The minimum absolute atomic E-state index is 0.0486. The summed E-state index contributed by atoms with van der Waals surface area (Å²) in [6.45, 7) is 3.99. The third-order valence-electron chi connectivity index (χ3n) is 3.56. The van der Waals surface area contributed by atoms with Crippen LogP contribution < -0.4 is 10.6 Å². The Morgan fingerprint density at radius 1 is 1.38 bits per heavy atom. The van der Waals surface area contributed by atoms with Gasteiger partial charge in [-0.25, -0.2) is 0 Å². The number of fused-ring (bicyclic) bond motifs is 1. The molecule has 0 radical (unpaired) electrons. The molecule has 0 unspecified atom stereocenters. The first kappa shape index (κ1) is 13.3. The van der Waals surface area contributed by atoms with Gasteiger partial charge in [-0.1, -0.05) is 6.07 Å². The molecule has 1 aliphatic rings. The van der Waals surface area contributed by atoms with Gasteiger partial charge in [-0.15, -0.1) is 0 Å². The second-order valence-electron chi connectivity index (χ2n) is 5.08. The van der Waals surface area contributed by atoms with Crippen molar-refractivity contribution in [2.24, 2.45) is 0 Å². The summed E-state index contributed by atoms with van der Waals surface area (Å²) in [5, 5.41) is 9.52. The number of aromatic nitrogens is 3. The van der Waals surface area contributed by atoms with Crippen LogP contribution in [-0.2, 0) is 4.79 Å². The Hall–Kier alpha value is -2.70. The molecule has 1 aliphatic heterocycles. The van der Waals surface area contributed by atoms with E-state index in [1.807, 2.05) is 32.0 Å². The lowest BCUT2D eigenvalue weighted by Gasteiger charge is -2.22. The number of hydrogen-bond acceptors (Lipinski definition) is 5. The van der Waals surface area contributed by atoms with Crippen molar-refractivity contribution in [3.8, 4) is 0 Å². The summed E-state index contributed by atoms with van der Waals surface area (Å²) in [6.07, 6.45) is 1.33. The van der Waals surface area contributed by atoms with E-state index in [1.54, 1.807) is 0 Å². The summed E-state index contributed by atoms with van der Waals surface area (Å²) < 4.78 is 1.17. The normalized spacial score (nSPS) is 17.0. The number of rotatable bonds is 2. The van der Waals surface area contributed by atoms with Crippen LogP contribution in [0.1, 0.15) is 22.3 Å². The van der Waals surface area contributed by atoms with Gasteiger partial charge < -0.3 is 10.6 Å². The maximum absolute atomic E-state index is 12.3. The lowest BCUT2D eigenvalue weighted by Crippen LogP contribution is -2.42. The molecule has 3 rings (SSSR count). The van der Waals surface area contributed by atoms with Crippen LogP contribution in [0, 0.1) is 13.8 Å². The molecule has 2 N–H and O–H groups in total. The minimum atomic E-state index is -0.643. The molecule has 1 amide bonds. The number of carbonyl (C=O) groups is 2. The van der Waals surface area contributed by atoms with Gasteiger partial charge in [0, 0.05) is 5.69 Å². The average Bonchev–Trinajstić information content (AvgIpc) is 2.92. The van der Waals surface area contributed by atoms with Crippen LogP contribution in [0.2, 0.25) is 0 Å². The fraction of sp³-hybridized carbons (Fsp3) is 0.286. The van der Waals surface area contributed by atoms with Crippen molar-refractivity contribution in [2.45, 2.75) is 26.3 Å². The summed E-state index contributed by atoms with van der Waals surface area (Å²) in [5.41, 5.74) is 2.97. The molecule has 0 aliphatic carbocycles. The SMILES string of the molecule is Cc1ccc(NC(=O)[C@H]2CC(=O)n3ncnc3N2)cc1C. The van der Waals surface area contributed by atoms with Crippen molar-refractivity contribution in [1.29, 1.82) is 0 Å². The maximum Gasteiger partial charge on any atom is 0.252 e. The van der Waals surface area contributed by atoms with Gasteiger partial charge >= 0.3 is 0 Å². The van der Waals surface area contributed by atoms with Gasteiger partial charge in [-0.2, -0.15) is 14.8 Å². The van der Waals surface area contributed by atoms with Crippen molar-refractivity contribution in [1.82, 2.24) is 14.8 Å². The monoisotopic (exact) mass is 285 g/mol. The zero-order chi connectivity index (χ0) is 15.0. The topological polar surface area (TPSA) is 88.9 Å². The Balaban J connectivity index is 1.74. The number of anilines is 2. The van der Waals surface area contributed by atoms with Gasteiger partial charge in [0.2, 0.25) is 11.9 Å². The van der Waals surface area contributed by atoms with Crippen LogP contribution in [-0.4, -0.2) is 32.6 Å². The van der Waals surface area contributed by atoms with E-state index >= 15 is 0 Å². The Labute approximate surface area is 121 Å². The van der Waals surface area contributed by atoms with Gasteiger partial charge in [0.05, 0.1) is 6.42 Å². The molecule has 108 valence electrons. The summed E-state index contributed by atoms with van der Waals surface area (Å²) in [7, 11) is 0. The smallest absolute Gasteiger partial charge is 0.252 e. The molecule has 21 heavy (non-hydrogen) atoms. The van der Waals surface area contributed by atoms with Crippen LogP contribution in [0.4, 0.5) is 11.6 Å². The van der Waals surface area contributed by atoms with Crippen LogP contribution in [0.25, 0.3) is 0 Å². The van der Waals surface area contributed by atoms with Gasteiger partial charge in [-0.3, -0.25) is 9.59 Å². The van der Waals surface area contributed by atoms with E-state index in [0.717, 1.165) is 11.1 Å². The Morgan fingerprint density at radius 2 is 2.19 bits per heavy atom. The van der Waals surface area contributed by atoms with Crippen LogP contribution in [0.5, 0.6) is 0 Å². The fourth-order valence-electron chi connectivity index (χ4n) is 2.20. The predicted molar refractivity (Wildman–Crippen MR) is 77.2 cm³/mol. The molecule has 0 spiro atoms. The molecule has 1 aromatic carbocycles. The third-order valence-corrected chi connectivity index (χ3v) is 3.56. The third kappa shape index (κ3) is 2.49. The Morgan fingerprint density at radius 3 is 2.95 bits per heavy atom. The van der Waals surface area contributed by atoms with Crippen molar-refractivity contribution in [2.75, 3.05) is 10.6 Å². The molecule has 7 nitrogen and oxygen atoms in total. The highest BCUT2D eigenvalue weighted by Gasteiger charge is 2.30. The van der Waals surface area contributed by atoms with E-state index in [4.69, 9.17) is 0 Å². The number of benzene rings is 1. The average molecular weight is 285 g/mol. The number of carbonyl (C=O) groups excluding carboxylic acids is 2. The molecule has 0 bridgehead atoms. The number of amides is 1. The quantitative estimate of drug-likeness (QED) is 0.869. The van der Waals surface area contributed by atoms with Gasteiger partial charge in [-0.05, 0) is 37.1 Å². The van der Waals surface area contributed by atoms with E-state index in [1.165, 1.54) is 11.0 Å². The molecular formula is C14H15N5O2. The first-order valence-electron chi connectivity index (χ1n) is 6.62. The zero-order valence-electron chi connectivity index (χ0n) is 11.8. The predicted octanol–water partition coefficient (Wildman–Crippen LogP) is 1.36. The second-order valence-corrected chi connectivity index (χ2v) is 5.08. The molecule has 2 heterocycles. The summed E-state index contributed by atoms with van der Waals surface area (Å²) in [5.74, 6) is -0.214. The molecule has 0 fully saturated rings. The van der Waals surface area contributed by atoms with Gasteiger partial charge in [0.15, 0.2) is 0 Å². The highest BCUT2D eigenvalue weighted by Crippen LogP contribution is 2.18. The Kier molecular flexibility index (Phi) is 3.17. The lowest BCUT2D eigenvalue weighted by molar-refractivity contribution is -0.117. The molecule has 7 heteroatoms. The van der Waals surface area contributed by atoms with Crippen molar-refractivity contribution >= 4 is 23.5 Å². The molecular weight excluding hydrogens is 270 g/mol. The van der Waals surface area contributed by atoms with E-state index in [0.29, 0.717) is 11.6 Å². The van der Waals surface area contributed by atoms with Crippen molar-refractivity contribution in [3.63, 3.8) is 0 Å². The van der Waals surface area contributed by atoms with E-state index < -0.39 is 6.04 Å². The highest BCUT2D eigenvalue weighted by molar-refractivity contribution is 6.01. The summed E-state index contributed by atoms with van der Waals surface area (Å²) in [4.78, 5) is 28.0. The number of aryl methyl sites for hydroxylation is 2. The molecule has 2 aromatic rings. The van der Waals surface area contributed by atoms with E-state index in [9.17, 15) is 9.59 Å². The largest absolute Gasteiger partial charge is 0.342 e. The van der Waals surface area contributed by atoms with Gasteiger partial charge in [0.25, 0.3) is 5.91 Å². The highest BCUT2D eigenvalue weighted by atomic mass is 16.2. The molecule has 1 atom stereocenters. The van der Waals surface area contributed by atoms with Crippen LogP contribution in [0.3, 0.4) is 0 Å². The van der Waals surface area contributed by atoms with Crippen LogP contribution in [0.15, 0.2) is 24.5 Å². The molecule has 1 aromatic heterocycles. The van der Waals surface area contributed by atoms with Crippen molar-refractivity contribution in [3.05, 3.63) is 35.7 Å². The zero-order valence-corrected chi connectivity index (χ0v) is 11.8. The first-order chi connectivity index (χ1) is 10.0. The summed E-state index contributed by atoms with van der Waals surface area (Å²) >= 11 is 0.